The number of rotatable bonds is 6. The highest BCUT2D eigenvalue weighted by Crippen LogP contribution is 2.10. The Labute approximate surface area is 152 Å². The van der Waals surface area contributed by atoms with Crippen LogP contribution in [0.25, 0.3) is 0 Å². The fourth-order valence-electron chi connectivity index (χ4n) is 1.88. The summed E-state index contributed by atoms with van der Waals surface area (Å²) in [5.41, 5.74) is 0. The Hall–Kier alpha value is -1.16. The number of guanidine groups is 1. The quantitative estimate of drug-likeness (QED) is 0.430. The molecule has 0 amide bonds. The minimum atomic E-state index is 0. The molecular formula is C14H22IN5OS. The third-order valence-corrected chi connectivity index (χ3v) is 3.69. The Kier molecular flexibility index (Phi) is 8.39. The van der Waals surface area contributed by atoms with Crippen LogP contribution in [-0.2, 0) is 13.0 Å². The Balaban J connectivity index is 0.00000242. The number of nitrogens with one attached hydrogen (secondary N) is 1. The molecule has 0 aliphatic carbocycles. The van der Waals surface area contributed by atoms with E-state index in [2.05, 4.69) is 49.8 Å². The Bertz CT molecular complexity index is 570. The second-order valence-corrected chi connectivity index (χ2v) is 5.69. The largest absolute Gasteiger partial charge is 0.357 e. The zero-order valence-corrected chi connectivity index (χ0v) is 16.2. The van der Waals surface area contributed by atoms with Gasteiger partial charge in [0.05, 0.1) is 13.1 Å². The molecule has 0 aliphatic rings. The number of hydrogen-bond donors (Lipinski definition) is 1. The lowest BCUT2D eigenvalue weighted by atomic mass is 10.4. The number of aryl methyl sites for hydroxylation is 1. The van der Waals surface area contributed by atoms with Gasteiger partial charge in [0.1, 0.15) is 0 Å². The lowest BCUT2D eigenvalue weighted by molar-refractivity contribution is 0.375. The van der Waals surface area contributed by atoms with Crippen LogP contribution in [0.4, 0.5) is 0 Å². The molecule has 0 aromatic carbocycles. The van der Waals surface area contributed by atoms with Crippen LogP contribution in [0.1, 0.15) is 23.5 Å². The van der Waals surface area contributed by atoms with Gasteiger partial charge in [-0.2, -0.15) is 4.98 Å². The molecule has 1 N–H and O–H groups in total. The lowest BCUT2D eigenvalue weighted by Crippen LogP contribution is -2.38. The van der Waals surface area contributed by atoms with Crippen LogP contribution in [-0.4, -0.2) is 41.1 Å². The van der Waals surface area contributed by atoms with Crippen LogP contribution in [0, 0.1) is 6.92 Å². The predicted octanol–water partition coefficient (Wildman–Crippen LogP) is 2.70. The first-order valence-corrected chi connectivity index (χ1v) is 7.88. The van der Waals surface area contributed by atoms with Crippen LogP contribution in [0.5, 0.6) is 0 Å². The van der Waals surface area contributed by atoms with Gasteiger partial charge in [-0.15, -0.1) is 35.3 Å². The van der Waals surface area contributed by atoms with E-state index in [1.165, 1.54) is 4.88 Å². The zero-order valence-electron chi connectivity index (χ0n) is 13.1. The van der Waals surface area contributed by atoms with Crippen LogP contribution in [0.15, 0.2) is 27.0 Å². The summed E-state index contributed by atoms with van der Waals surface area (Å²) >= 11 is 1.75. The predicted molar refractivity (Wildman–Crippen MR) is 99.9 cm³/mol. The van der Waals surface area contributed by atoms with Gasteiger partial charge in [0, 0.05) is 24.9 Å². The Morgan fingerprint density at radius 1 is 1.50 bits per heavy atom. The maximum Gasteiger partial charge on any atom is 0.228 e. The number of aromatic nitrogens is 2. The minimum absolute atomic E-state index is 0. The zero-order chi connectivity index (χ0) is 15.1. The van der Waals surface area contributed by atoms with Gasteiger partial charge in [0.25, 0.3) is 0 Å². The molecule has 2 rings (SSSR count). The van der Waals surface area contributed by atoms with Crippen molar-refractivity contribution < 1.29 is 4.52 Å². The molecule has 122 valence electrons. The third kappa shape index (κ3) is 5.91. The van der Waals surface area contributed by atoms with Gasteiger partial charge < -0.3 is 14.7 Å². The summed E-state index contributed by atoms with van der Waals surface area (Å²) in [6.45, 7) is 6.19. The maximum atomic E-state index is 5.09. The number of thiophene rings is 1. The van der Waals surface area contributed by atoms with Gasteiger partial charge in [0.15, 0.2) is 11.8 Å². The average Bonchev–Trinajstić information content (AvgIpc) is 3.09. The summed E-state index contributed by atoms with van der Waals surface area (Å²) in [6, 6.07) is 4.20. The number of aliphatic imine (C=N–C) groups is 1. The van der Waals surface area contributed by atoms with Gasteiger partial charge in [-0.1, -0.05) is 11.2 Å². The lowest BCUT2D eigenvalue weighted by Gasteiger charge is -2.21. The molecule has 2 aromatic heterocycles. The van der Waals surface area contributed by atoms with Gasteiger partial charge in [-0.25, -0.2) is 0 Å². The standard InChI is InChI=1S/C14H21N5OS.HI/c1-4-15-14(19(3)10-12-6-5-9-21-12)16-8-7-13-17-11(2)18-20-13;/h5-6,9H,4,7-8,10H2,1-3H3,(H,15,16);1H. The first-order chi connectivity index (χ1) is 10.2. The van der Waals surface area contributed by atoms with Crippen molar-refractivity contribution >= 4 is 41.3 Å². The molecule has 0 aliphatic heterocycles. The van der Waals surface area contributed by atoms with Crippen molar-refractivity contribution in [2.24, 2.45) is 4.99 Å². The van der Waals surface area contributed by atoms with Crippen molar-refractivity contribution in [3.05, 3.63) is 34.1 Å². The number of hydrogen-bond acceptors (Lipinski definition) is 5. The van der Waals surface area contributed by atoms with E-state index in [-0.39, 0.29) is 24.0 Å². The van der Waals surface area contributed by atoms with E-state index in [0.717, 1.165) is 19.0 Å². The summed E-state index contributed by atoms with van der Waals surface area (Å²) in [5, 5.41) is 9.17. The van der Waals surface area contributed by atoms with E-state index in [0.29, 0.717) is 24.7 Å². The van der Waals surface area contributed by atoms with E-state index >= 15 is 0 Å². The third-order valence-electron chi connectivity index (χ3n) is 2.83. The van der Waals surface area contributed by atoms with Crippen molar-refractivity contribution in [2.45, 2.75) is 26.8 Å². The van der Waals surface area contributed by atoms with Gasteiger partial charge in [-0.05, 0) is 25.3 Å². The van der Waals surface area contributed by atoms with Crippen molar-refractivity contribution in [3.63, 3.8) is 0 Å². The second kappa shape index (κ2) is 9.78. The summed E-state index contributed by atoms with van der Waals surface area (Å²) in [5.74, 6) is 2.19. The van der Waals surface area contributed by atoms with Crippen LogP contribution < -0.4 is 5.32 Å². The molecule has 0 saturated heterocycles. The molecule has 0 radical (unpaired) electrons. The fourth-order valence-corrected chi connectivity index (χ4v) is 2.64. The summed E-state index contributed by atoms with van der Waals surface area (Å²) in [4.78, 5) is 12.2. The second-order valence-electron chi connectivity index (χ2n) is 4.66. The normalized spacial score (nSPS) is 11.1. The van der Waals surface area contributed by atoms with Gasteiger partial charge in [-0.3, -0.25) is 4.99 Å². The van der Waals surface area contributed by atoms with E-state index in [9.17, 15) is 0 Å². The molecular weight excluding hydrogens is 413 g/mol. The summed E-state index contributed by atoms with van der Waals surface area (Å²) < 4.78 is 5.09. The van der Waals surface area contributed by atoms with Crippen LogP contribution >= 0.6 is 35.3 Å². The van der Waals surface area contributed by atoms with Crippen LogP contribution in [0.3, 0.4) is 0 Å². The molecule has 0 fully saturated rings. The fraction of sp³-hybridized carbons (Fsp3) is 0.500. The van der Waals surface area contributed by atoms with Gasteiger partial charge in [0.2, 0.25) is 5.89 Å². The van der Waals surface area contributed by atoms with Gasteiger partial charge >= 0.3 is 0 Å². The van der Waals surface area contributed by atoms with Crippen LogP contribution in [0.2, 0.25) is 0 Å². The molecule has 2 aromatic rings. The molecule has 0 spiro atoms. The Morgan fingerprint density at radius 2 is 2.32 bits per heavy atom. The topological polar surface area (TPSA) is 66.5 Å². The Morgan fingerprint density at radius 3 is 2.91 bits per heavy atom. The average molecular weight is 435 g/mol. The maximum absolute atomic E-state index is 5.09. The summed E-state index contributed by atoms with van der Waals surface area (Å²) in [6.07, 6.45) is 0.655. The first kappa shape index (κ1) is 18.9. The van der Waals surface area contributed by atoms with E-state index in [1.54, 1.807) is 11.3 Å². The molecule has 6 nitrogen and oxygen atoms in total. The highest BCUT2D eigenvalue weighted by Gasteiger charge is 2.08. The molecule has 0 bridgehead atoms. The molecule has 8 heteroatoms. The highest BCUT2D eigenvalue weighted by atomic mass is 127. The summed E-state index contributed by atoms with van der Waals surface area (Å²) in [7, 11) is 2.04. The molecule has 0 unspecified atom stereocenters. The monoisotopic (exact) mass is 435 g/mol. The van der Waals surface area contributed by atoms with Crippen molar-refractivity contribution in [1.29, 1.82) is 0 Å². The molecule has 22 heavy (non-hydrogen) atoms. The number of halogens is 1. The highest BCUT2D eigenvalue weighted by molar-refractivity contribution is 14.0. The minimum Gasteiger partial charge on any atom is -0.357 e. The number of nitrogens with zero attached hydrogens (tertiary/aromatic N) is 4. The van der Waals surface area contributed by atoms with E-state index in [4.69, 9.17) is 4.52 Å². The van der Waals surface area contributed by atoms with E-state index < -0.39 is 0 Å². The molecule has 0 saturated carbocycles. The molecule has 0 atom stereocenters. The smallest absolute Gasteiger partial charge is 0.228 e. The van der Waals surface area contributed by atoms with E-state index in [1.807, 2.05) is 14.0 Å². The van der Waals surface area contributed by atoms with Crippen molar-refractivity contribution in [2.75, 3.05) is 20.1 Å². The van der Waals surface area contributed by atoms with Crippen molar-refractivity contribution in [1.82, 2.24) is 20.4 Å². The first-order valence-electron chi connectivity index (χ1n) is 7.00. The van der Waals surface area contributed by atoms with Crippen molar-refractivity contribution in [3.8, 4) is 0 Å². The SMILES string of the molecule is CCNC(=NCCc1nc(C)no1)N(C)Cc1cccs1.I. The molecule has 2 heterocycles.